The number of hydrogen-bond donors (Lipinski definition) is 1. The van der Waals surface area contributed by atoms with Gasteiger partial charge in [-0.3, -0.25) is 4.98 Å². The number of nitrogens with one attached hydrogen (secondary N) is 1. The van der Waals surface area contributed by atoms with Crippen molar-refractivity contribution >= 4 is 0 Å². The highest BCUT2D eigenvalue weighted by Gasteiger charge is 2.29. The van der Waals surface area contributed by atoms with Gasteiger partial charge in [-0.25, -0.2) is 0 Å². The molecule has 0 fully saturated rings. The van der Waals surface area contributed by atoms with Gasteiger partial charge in [0.05, 0.1) is 13.3 Å². The summed E-state index contributed by atoms with van der Waals surface area (Å²) in [5.74, 6) is 1.40. The van der Waals surface area contributed by atoms with E-state index in [-0.39, 0.29) is 0 Å². The van der Waals surface area contributed by atoms with Gasteiger partial charge in [0.15, 0.2) is 0 Å². The molecule has 0 radical (unpaired) electrons. The van der Waals surface area contributed by atoms with Crippen LogP contribution in [0.3, 0.4) is 0 Å². The molecular weight excluding hydrogens is 260 g/mol. The highest BCUT2D eigenvalue weighted by molar-refractivity contribution is 5.35. The van der Waals surface area contributed by atoms with E-state index in [4.69, 9.17) is 4.74 Å². The molecule has 1 heterocycles. The third-order valence-electron chi connectivity index (χ3n) is 4.31. The van der Waals surface area contributed by atoms with Gasteiger partial charge in [0, 0.05) is 12.2 Å². The smallest absolute Gasteiger partial charge is 0.137 e. The average Bonchev–Trinajstić information content (AvgIpc) is 2.96. The number of methoxy groups -OCH3 is 1. The lowest BCUT2D eigenvalue weighted by Crippen LogP contribution is -2.28. The van der Waals surface area contributed by atoms with E-state index < -0.39 is 0 Å². The first-order valence-electron chi connectivity index (χ1n) is 7.61. The summed E-state index contributed by atoms with van der Waals surface area (Å²) < 4.78 is 5.32. The Labute approximate surface area is 126 Å². The quantitative estimate of drug-likeness (QED) is 0.914. The minimum atomic E-state index is 0.324. The third kappa shape index (κ3) is 2.93. The van der Waals surface area contributed by atoms with Gasteiger partial charge in [0.1, 0.15) is 5.75 Å². The number of rotatable bonds is 5. The van der Waals surface area contributed by atoms with Crippen molar-refractivity contribution in [3.63, 3.8) is 0 Å². The number of pyridine rings is 1. The Morgan fingerprint density at radius 1 is 1.24 bits per heavy atom. The van der Waals surface area contributed by atoms with Gasteiger partial charge >= 0.3 is 0 Å². The van der Waals surface area contributed by atoms with E-state index in [1.807, 2.05) is 6.20 Å². The third-order valence-corrected chi connectivity index (χ3v) is 4.31. The summed E-state index contributed by atoms with van der Waals surface area (Å²) in [4.78, 5) is 4.31. The van der Waals surface area contributed by atoms with Crippen LogP contribution in [-0.2, 0) is 12.8 Å². The lowest BCUT2D eigenvalue weighted by Gasteiger charge is -2.24. The molecule has 1 N–H and O–H groups in total. The minimum Gasteiger partial charge on any atom is -0.495 e. The molecule has 2 aromatic rings. The standard InChI is InChI=1S/C18H22N2O/c1-3-20-18(16-10-17(21-2)12-19-11-16)15-8-13-6-4-5-7-14(13)9-15/h4-7,10-12,15,18,20H,3,8-9H2,1-2H3. The van der Waals surface area contributed by atoms with Gasteiger partial charge in [-0.05, 0) is 48.1 Å². The van der Waals surface area contributed by atoms with E-state index in [0.29, 0.717) is 12.0 Å². The molecule has 110 valence electrons. The molecule has 0 aliphatic heterocycles. The van der Waals surface area contributed by atoms with Crippen LogP contribution in [0.1, 0.15) is 29.7 Å². The molecule has 0 amide bonds. The molecule has 21 heavy (non-hydrogen) atoms. The number of hydrogen-bond acceptors (Lipinski definition) is 3. The van der Waals surface area contributed by atoms with Crippen LogP contribution in [0, 0.1) is 5.92 Å². The number of aromatic nitrogens is 1. The fraction of sp³-hybridized carbons (Fsp3) is 0.389. The van der Waals surface area contributed by atoms with Crippen LogP contribution < -0.4 is 10.1 Å². The zero-order valence-electron chi connectivity index (χ0n) is 12.7. The molecular formula is C18H22N2O. The Morgan fingerprint density at radius 3 is 2.57 bits per heavy atom. The normalized spacial score (nSPS) is 15.7. The Bertz CT molecular complexity index is 587. The van der Waals surface area contributed by atoms with Gasteiger partial charge in [0.2, 0.25) is 0 Å². The summed E-state index contributed by atoms with van der Waals surface area (Å²) >= 11 is 0. The molecule has 3 heteroatoms. The fourth-order valence-corrected chi connectivity index (χ4v) is 3.32. The summed E-state index contributed by atoms with van der Waals surface area (Å²) in [7, 11) is 1.69. The van der Waals surface area contributed by atoms with Gasteiger partial charge < -0.3 is 10.1 Å². The van der Waals surface area contributed by atoms with Crippen LogP contribution in [0.4, 0.5) is 0 Å². The van der Waals surface area contributed by atoms with Crippen LogP contribution in [0.2, 0.25) is 0 Å². The van der Waals surface area contributed by atoms with Crippen molar-refractivity contribution in [2.75, 3.05) is 13.7 Å². The van der Waals surface area contributed by atoms with Gasteiger partial charge in [0.25, 0.3) is 0 Å². The van der Waals surface area contributed by atoms with Crippen molar-refractivity contribution in [2.45, 2.75) is 25.8 Å². The maximum atomic E-state index is 5.32. The van der Waals surface area contributed by atoms with Crippen LogP contribution >= 0.6 is 0 Å². The highest BCUT2D eigenvalue weighted by Crippen LogP contribution is 2.35. The molecule has 1 aromatic carbocycles. The maximum absolute atomic E-state index is 5.32. The van der Waals surface area contributed by atoms with Crippen LogP contribution in [0.25, 0.3) is 0 Å². The summed E-state index contributed by atoms with van der Waals surface area (Å²) in [6, 6.07) is 11.2. The monoisotopic (exact) mass is 282 g/mol. The number of fused-ring (bicyclic) bond motifs is 1. The summed E-state index contributed by atoms with van der Waals surface area (Å²) in [6.45, 7) is 3.11. The Hall–Kier alpha value is -1.87. The van der Waals surface area contributed by atoms with E-state index in [1.54, 1.807) is 13.3 Å². The lowest BCUT2D eigenvalue weighted by atomic mass is 9.91. The predicted octanol–water partition coefficient (Wildman–Crippen LogP) is 3.16. The second-order valence-corrected chi connectivity index (χ2v) is 5.63. The molecule has 1 aliphatic rings. The van der Waals surface area contributed by atoms with E-state index in [0.717, 1.165) is 25.1 Å². The molecule has 3 rings (SSSR count). The SMILES string of the molecule is CCNC(c1cncc(OC)c1)C1Cc2ccccc2C1. The van der Waals surface area contributed by atoms with E-state index in [9.17, 15) is 0 Å². The largest absolute Gasteiger partial charge is 0.495 e. The van der Waals surface area contributed by atoms with E-state index in [1.165, 1.54) is 16.7 Å². The van der Waals surface area contributed by atoms with Crippen molar-refractivity contribution < 1.29 is 4.74 Å². The number of benzene rings is 1. The first-order chi connectivity index (χ1) is 10.3. The van der Waals surface area contributed by atoms with Crippen molar-refractivity contribution in [3.8, 4) is 5.75 Å². The van der Waals surface area contributed by atoms with Crippen molar-refractivity contribution in [2.24, 2.45) is 5.92 Å². The van der Waals surface area contributed by atoms with Crippen molar-refractivity contribution in [3.05, 3.63) is 59.4 Å². The van der Waals surface area contributed by atoms with Gasteiger partial charge in [-0.2, -0.15) is 0 Å². The van der Waals surface area contributed by atoms with Crippen LogP contribution in [-0.4, -0.2) is 18.6 Å². The van der Waals surface area contributed by atoms with Crippen LogP contribution in [0.15, 0.2) is 42.7 Å². The molecule has 0 saturated heterocycles. The summed E-state index contributed by atoms with van der Waals surface area (Å²) in [5.41, 5.74) is 4.19. The first kappa shape index (κ1) is 14.1. The predicted molar refractivity (Wildman–Crippen MR) is 84.5 cm³/mol. The Morgan fingerprint density at radius 2 is 1.95 bits per heavy atom. The molecule has 1 aliphatic carbocycles. The zero-order valence-corrected chi connectivity index (χ0v) is 12.7. The average molecular weight is 282 g/mol. The fourth-order valence-electron chi connectivity index (χ4n) is 3.32. The molecule has 0 bridgehead atoms. The van der Waals surface area contributed by atoms with Gasteiger partial charge in [-0.1, -0.05) is 31.2 Å². The molecule has 1 aromatic heterocycles. The minimum absolute atomic E-state index is 0.324. The van der Waals surface area contributed by atoms with E-state index >= 15 is 0 Å². The Balaban J connectivity index is 1.85. The first-order valence-corrected chi connectivity index (χ1v) is 7.61. The second kappa shape index (κ2) is 6.27. The maximum Gasteiger partial charge on any atom is 0.137 e. The van der Waals surface area contributed by atoms with Crippen molar-refractivity contribution in [1.29, 1.82) is 0 Å². The van der Waals surface area contributed by atoms with Crippen LogP contribution in [0.5, 0.6) is 5.75 Å². The Kier molecular flexibility index (Phi) is 4.20. The molecule has 0 saturated carbocycles. The number of ether oxygens (including phenoxy) is 1. The lowest BCUT2D eigenvalue weighted by molar-refractivity contribution is 0.374. The topological polar surface area (TPSA) is 34.2 Å². The molecule has 3 nitrogen and oxygen atoms in total. The summed E-state index contributed by atoms with van der Waals surface area (Å²) in [6.07, 6.45) is 5.98. The van der Waals surface area contributed by atoms with E-state index in [2.05, 4.69) is 47.6 Å². The van der Waals surface area contributed by atoms with Crippen molar-refractivity contribution in [1.82, 2.24) is 10.3 Å². The zero-order chi connectivity index (χ0) is 14.7. The number of nitrogens with zero attached hydrogens (tertiary/aromatic N) is 1. The highest BCUT2D eigenvalue weighted by atomic mass is 16.5. The summed E-state index contributed by atoms with van der Waals surface area (Å²) in [5, 5.41) is 3.63. The second-order valence-electron chi connectivity index (χ2n) is 5.63. The molecule has 1 unspecified atom stereocenters. The molecule has 1 atom stereocenters. The van der Waals surface area contributed by atoms with Gasteiger partial charge in [-0.15, -0.1) is 0 Å². The molecule has 0 spiro atoms.